The molecule has 0 bridgehead atoms. The van der Waals surface area contributed by atoms with Crippen molar-refractivity contribution in [2.75, 3.05) is 5.73 Å². The second kappa shape index (κ2) is 5.27. The van der Waals surface area contributed by atoms with Crippen molar-refractivity contribution in [2.24, 2.45) is 11.7 Å². The van der Waals surface area contributed by atoms with E-state index in [1.165, 1.54) is 12.3 Å². The van der Waals surface area contributed by atoms with Gasteiger partial charge in [-0.05, 0) is 18.4 Å². The van der Waals surface area contributed by atoms with Crippen molar-refractivity contribution in [1.82, 2.24) is 4.98 Å². The molecule has 0 aliphatic carbocycles. The summed E-state index contributed by atoms with van der Waals surface area (Å²) in [6.45, 7) is 4.01. The van der Waals surface area contributed by atoms with Crippen LogP contribution in [0.5, 0.6) is 0 Å². The Balaban J connectivity index is 2.91. The average Bonchev–Trinajstić information content (AvgIpc) is 2.19. The van der Waals surface area contributed by atoms with Gasteiger partial charge in [-0.2, -0.15) is 0 Å². The first-order valence-corrected chi connectivity index (χ1v) is 5.50. The van der Waals surface area contributed by atoms with Gasteiger partial charge in [0.1, 0.15) is 5.82 Å². The molecule has 1 atom stereocenters. The van der Waals surface area contributed by atoms with E-state index in [1.807, 2.05) is 13.8 Å². The van der Waals surface area contributed by atoms with Gasteiger partial charge in [0.2, 0.25) is 0 Å². The van der Waals surface area contributed by atoms with Crippen molar-refractivity contribution in [3.63, 3.8) is 0 Å². The lowest BCUT2D eigenvalue weighted by Crippen LogP contribution is -2.32. The largest absolute Gasteiger partial charge is 0.383 e. The van der Waals surface area contributed by atoms with E-state index in [-0.39, 0.29) is 11.6 Å². The molecule has 1 heterocycles. The summed E-state index contributed by atoms with van der Waals surface area (Å²) in [6.07, 6.45) is 2.02. The Kier molecular flexibility index (Phi) is 4.26. The molecule has 1 aromatic heterocycles. The molecule has 1 unspecified atom stereocenters. The second-order valence-electron chi connectivity index (χ2n) is 4.19. The van der Waals surface area contributed by atoms with Crippen LogP contribution in [0.15, 0.2) is 12.3 Å². The SMILES string of the molecule is CC(C)CC(N)C(=O)c1cc(Cl)cnc1N. The third kappa shape index (κ3) is 3.18. The lowest BCUT2D eigenvalue weighted by atomic mass is 9.97. The number of nitrogens with zero attached hydrogens (tertiary/aromatic N) is 1. The van der Waals surface area contributed by atoms with Gasteiger partial charge in [0.05, 0.1) is 16.6 Å². The van der Waals surface area contributed by atoms with Gasteiger partial charge >= 0.3 is 0 Å². The Hall–Kier alpha value is -1.13. The highest BCUT2D eigenvalue weighted by atomic mass is 35.5. The van der Waals surface area contributed by atoms with E-state index in [1.54, 1.807) is 0 Å². The summed E-state index contributed by atoms with van der Waals surface area (Å²) < 4.78 is 0. The van der Waals surface area contributed by atoms with Gasteiger partial charge in [-0.3, -0.25) is 4.79 Å². The predicted octanol–water partition coefficient (Wildman–Crippen LogP) is 1.87. The molecule has 5 heteroatoms. The zero-order valence-corrected chi connectivity index (χ0v) is 10.2. The van der Waals surface area contributed by atoms with Crippen molar-refractivity contribution < 1.29 is 4.79 Å². The van der Waals surface area contributed by atoms with Crippen LogP contribution < -0.4 is 11.5 Å². The van der Waals surface area contributed by atoms with Gasteiger partial charge in [0.25, 0.3) is 0 Å². The van der Waals surface area contributed by atoms with Gasteiger partial charge in [-0.15, -0.1) is 0 Å². The molecule has 0 spiro atoms. The maximum absolute atomic E-state index is 11.9. The molecule has 0 radical (unpaired) electrons. The lowest BCUT2D eigenvalue weighted by Gasteiger charge is -2.13. The minimum Gasteiger partial charge on any atom is -0.383 e. The van der Waals surface area contributed by atoms with Crippen LogP contribution in [0.2, 0.25) is 5.02 Å². The van der Waals surface area contributed by atoms with Crippen molar-refractivity contribution in [2.45, 2.75) is 26.3 Å². The van der Waals surface area contributed by atoms with E-state index in [4.69, 9.17) is 23.1 Å². The van der Waals surface area contributed by atoms with Gasteiger partial charge < -0.3 is 11.5 Å². The molecule has 4 nitrogen and oxygen atoms in total. The van der Waals surface area contributed by atoms with Crippen molar-refractivity contribution in [3.05, 3.63) is 22.8 Å². The third-order valence-corrected chi connectivity index (χ3v) is 2.42. The molecule has 88 valence electrons. The van der Waals surface area contributed by atoms with E-state index in [9.17, 15) is 4.79 Å². The van der Waals surface area contributed by atoms with Crippen LogP contribution in [0.25, 0.3) is 0 Å². The first kappa shape index (κ1) is 12.9. The third-order valence-electron chi connectivity index (χ3n) is 2.21. The molecule has 1 aromatic rings. The number of carbonyl (C=O) groups excluding carboxylic acids is 1. The van der Waals surface area contributed by atoms with Crippen molar-refractivity contribution >= 4 is 23.2 Å². The van der Waals surface area contributed by atoms with E-state index < -0.39 is 6.04 Å². The number of hydrogen-bond acceptors (Lipinski definition) is 4. The smallest absolute Gasteiger partial charge is 0.183 e. The fraction of sp³-hybridized carbons (Fsp3) is 0.455. The molecule has 0 aromatic carbocycles. The lowest BCUT2D eigenvalue weighted by molar-refractivity contribution is 0.0951. The topological polar surface area (TPSA) is 82.0 Å². The first-order chi connectivity index (χ1) is 7.41. The molecule has 0 saturated carbocycles. The van der Waals surface area contributed by atoms with Crippen LogP contribution in [0, 0.1) is 5.92 Å². The van der Waals surface area contributed by atoms with Crippen LogP contribution in [-0.4, -0.2) is 16.8 Å². The number of nitrogens with two attached hydrogens (primary N) is 2. The van der Waals surface area contributed by atoms with Crippen molar-refractivity contribution in [1.29, 1.82) is 0 Å². The highest BCUT2D eigenvalue weighted by Crippen LogP contribution is 2.18. The number of anilines is 1. The normalized spacial score (nSPS) is 12.8. The van der Waals surface area contributed by atoms with Crippen LogP contribution in [0.4, 0.5) is 5.82 Å². The average molecular weight is 242 g/mol. The van der Waals surface area contributed by atoms with E-state index in [0.717, 1.165) is 0 Å². The predicted molar refractivity (Wildman–Crippen MR) is 65.4 cm³/mol. The summed E-state index contributed by atoms with van der Waals surface area (Å²) >= 11 is 5.76. The Labute approximate surface area is 100.0 Å². The summed E-state index contributed by atoms with van der Waals surface area (Å²) in [7, 11) is 0. The zero-order valence-electron chi connectivity index (χ0n) is 9.40. The van der Waals surface area contributed by atoms with Crippen molar-refractivity contribution in [3.8, 4) is 0 Å². The quantitative estimate of drug-likeness (QED) is 0.789. The summed E-state index contributed by atoms with van der Waals surface area (Å²) in [6, 6.07) is 0.953. The number of aromatic nitrogens is 1. The number of carbonyl (C=O) groups is 1. The van der Waals surface area contributed by atoms with Crippen LogP contribution in [0.3, 0.4) is 0 Å². The molecule has 0 aliphatic heterocycles. The number of halogens is 1. The molecular weight excluding hydrogens is 226 g/mol. The highest BCUT2D eigenvalue weighted by molar-refractivity contribution is 6.31. The molecule has 0 aliphatic rings. The van der Waals surface area contributed by atoms with Gasteiger partial charge in [0, 0.05) is 6.20 Å². The number of nitrogen functional groups attached to an aromatic ring is 1. The zero-order chi connectivity index (χ0) is 12.3. The second-order valence-corrected chi connectivity index (χ2v) is 4.62. The molecule has 0 saturated heterocycles. The fourth-order valence-electron chi connectivity index (χ4n) is 1.46. The van der Waals surface area contributed by atoms with Gasteiger partial charge in [-0.25, -0.2) is 4.98 Å². The number of ketones is 1. The molecule has 16 heavy (non-hydrogen) atoms. The monoisotopic (exact) mass is 241 g/mol. The standard InChI is InChI=1S/C11H16ClN3O/c1-6(2)3-9(13)10(16)8-4-7(12)5-15-11(8)14/h4-6,9H,3,13H2,1-2H3,(H2,14,15). The molecule has 1 rings (SSSR count). The number of hydrogen-bond donors (Lipinski definition) is 2. The minimum atomic E-state index is -0.553. The van der Waals surface area contributed by atoms with Crippen LogP contribution >= 0.6 is 11.6 Å². The Morgan fingerprint density at radius 3 is 2.75 bits per heavy atom. The summed E-state index contributed by atoms with van der Waals surface area (Å²) in [5.41, 5.74) is 11.7. The first-order valence-electron chi connectivity index (χ1n) is 5.12. The van der Waals surface area contributed by atoms with E-state index >= 15 is 0 Å². The maximum atomic E-state index is 11.9. The molecule has 0 amide bonds. The number of rotatable bonds is 4. The molecule has 4 N–H and O–H groups in total. The highest BCUT2D eigenvalue weighted by Gasteiger charge is 2.20. The number of pyridine rings is 1. The van der Waals surface area contributed by atoms with Crippen LogP contribution in [0.1, 0.15) is 30.6 Å². The summed E-state index contributed by atoms with van der Waals surface area (Å²) in [5.74, 6) is 0.321. The van der Waals surface area contributed by atoms with E-state index in [0.29, 0.717) is 22.9 Å². The van der Waals surface area contributed by atoms with Gasteiger partial charge in [0.15, 0.2) is 5.78 Å². The summed E-state index contributed by atoms with van der Waals surface area (Å²) in [5, 5.41) is 0.384. The Morgan fingerprint density at radius 2 is 2.19 bits per heavy atom. The van der Waals surface area contributed by atoms with Crippen LogP contribution in [-0.2, 0) is 0 Å². The maximum Gasteiger partial charge on any atom is 0.183 e. The summed E-state index contributed by atoms with van der Waals surface area (Å²) in [4.78, 5) is 15.8. The Morgan fingerprint density at radius 1 is 1.56 bits per heavy atom. The molecule has 0 fully saturated rings. The van der Waals surface area contributed by atoms with Gasteiger partial charge in [-0.1, -0.05) is 25.4 Å². The Bertz CT molecular complexity index is 393. The number of Topliss-reactive ketones (excluding diaryl/α,β-unsaturated/α-hetero) is 1. The minimum absolute atomic E-state index is 0.175. The fourth-order valence-corrected chi connectivity index (χ4v) is 1.62. The molecular formula is C11H16ClN3O. The van der Waals surface area contributed by atoms with E-state index in [2.05, 4.69) is 4.98 Å².